The third kappa shape index (κ3) is 2.48. The lowest BCUT2D eigenvalue weighted by Crippen LogP contribution is -2.25. The molecule has 2 atom stereocenters. The average Bonchev–Trinajstić information content (AvgIpc) is 2.03. The SMILES string of the molecule is ON/N=C/C1CCCCC1O. The fraction of sp³-hybridized carbons (Fsp3) is 0.857. The molecule has 1 saturated carbocycles. The molecular formula is C7H14N2O2. The number of rotatable bonds is 2. The predicted octanol–water partition coefficient (Wildman–Crippen LogP) is 0.502. The van der Waals surface area contributed by atoms with Gasteiger partial charge in [-0.3, -0.25) is 5.21 Å². The van der Waals surface area contributed by atoms with Crippen LogP contribution in [0.3, 0.4) is 0 Å². The number of aliphatic hydroxyl groups is 1. The molecule has 1 rings (SSSR count). The molecule has 4 nitrogen and oxygen atoms in total. The molecule has 3 N–H and O–H groups in total. The lowest BCUT2D eigenvalue weighted by atomic mass is 9.87. The summed E-state index contributed by atoms with van der Waals surface area (Å²) >= 11 is 0. The van der Waals surface area contributed by atoms with Gasteiger partial charge in [-0.1, -0.05) is 12.8 Å². The molecule has 0 aromatic carbocycles. The first-order valence-corrected chi connectivity index (χ1v) is 3.95. The Morgan fingerprint density at radius 1 is 1.36 bits per heavy atom. The summed E-state index contributed by atoms with van der Waals surface area (Å²) in [5, 5.41) is 21.0. The number of hydrazone groups is 1. The van der Waals surface area contributed by atoms with Crippen LogP contribution in [0.4, 0.5) is 0 Å². The van der Waals surface area contributed by atoms with Gasteiger partial charge in [-0.15, -0.1) is 0 Å². The fourth-order valence-corrected chi connectivity index (χ4v) is 1.44. The van der Waals surface area contributed by atoms with E-state index in [0.717, 1.165) is 25.7 Å². The molecule has 0 spiro atoms. The summed E-state index contributed by atoms with van der Waals surface area (Å²) < 4.78 is 0. The smallest absolute Gasteiger partial charge is 0.0618 e. The van der Waals surface area contributed by atoms with Crippen LogP contribution >= 0.6 is 0 Å². The van der Waals surface area contributed by atoms with Crippen LogP contribution in [0.25, 0.3) is 0 Å². The Labute approximate surface area is 65.9 Å². The van der Waals surface area contributed by atoms with E-state index >= 15 is 0 Å². The van der Waals surface area contributed by atoms with Crippen molar-refractivity contribution < 1.29 is 10.3 Å². The molecule has 4 heteroatoms. The summed E-state index contributed by atoms with van der Waals surface area (Å²) in [6.45, 7) is 0. The van der Waals surface area contributed by atoms with Crippen molar-refractivity contribution in [2.45, 2.75) is 31.8 Å². The lowest BCUT2D eigenvalue weighted by Gasteiger charge is -2.23. The van der Waals surface area contributed by atoms with Gasteiger partial charge in [0.05, 0.1) is 6.10 Å². The Morgan fingerprint density at radius 3 is 2.73 bits per heavy atom. The average molecular weight is 158 g/mol. The number of aliphatic hydroxyl groups excluding tert-OH is 1. The van der Waals surface area contributed by atoms with Gasteiger partial charge in [-0.2, -0.15) is 10.7 Å². The molecule has 0 radical (unpaired) electrons. The van der Waals surface area contributed by atoms with Gasteiger partial charge in [0.25, 0.3) is 0 Å². The topological polar surface area (TPSA) is 64.8 Å². The Bertz CT molecular complexity index is 138. The standard InChI is InChI=1S/C7H14N2O2/c10-7-4-2-1-3-6(7)5-8-9-11/h5-7,9-11H,1-4H2/b8-5+. The minimum absolute atomic E-state index is 0.114. The molecule has 1 fully saturated rings. The Kier molecular flexibility index (Phi) is 3.32. The van der Waals surface area contributed by atoms with Crippen LogP contribution in [0, 0.1) is 5.92 Å². The van der Waals surface area contributed by atoms with E-state index < -0.39 is 0 Å². The molecule has 0 heterocycles. The first-order valence-electron chi connectivity index (χ1n) is 3.95. The van der Waals surface area contributed by atoms with Crippen LogP contribution in [0.1, 0.15) is 25.7 Å². The highest BCUT2D eigenvalue weighted by molar-refractivity contribution is 5.61. The van der Waals surface area contributed by atoms with Crippen LogP contribution in [0.2, 0.25) is 0 Å². The number of hydrogen-bond acceptors (Lipinski definition) is 4. The Balaban J connectivity index is 2.35. The maximum absolute atomic E-state index is 9.39. The van der Waals surface area contributed by atoms with E-state index in [-0.39, 0.29) is 12.0 Å². The minimum Gasteiger partial charge on any atom is -0.392 e. The highest BCUT2D eigenvalue weighted by Crippen LogP contribution is 2.22. The van der Waals surface area contributed by atoms with Crippen molar-refractivity contribution in [1.29, 1.82) is 0 Å². The third-order valence-corrected chi connectivity index (χ3v) is 2.11. The van der Waals surface area contributed by atoms with Crippen molar-refractivity contribution in [1.82, 2.24) is 5.59 Å². The normalized spacial score (nSPS) is 32.5. The zero-order valence-corrected chi connectivity index (χ0v) is 6.40. The largest absolute Gasteiger partial charge is 0.392 e. The van der Waals surface area contributed by atoms with Gasteiger partial charge >= 0.3 is 0 Å². The van der Waals surface area contributed by atoms with E-state index in [4.69, 9.17) is 5.21 Å². The molecule has 1 aliphatic rings. The van der Waals surface area contributed by atoms with Crippen LogP contribution in [0.5, 0.6) is 0 Å². The third-order valence-electron chi connectivity index (χ3n) is 2.11. The molecule has 0 bridgehead atoms. The van der Waals surface area contributed by atoms with Gasteiger partial charge in [-0.25, -0.2) is 0 Å². The maximum Gasteiger partial charge on any atom is 0.0618 e. The van der Waals surface area contributed by atoms with Gasteiger partial charge in [0.2, 0.25) is 0 Å². The van der Waals surface area contributed by atoms with E-state index in [1.165, 1.54) is 0 Å². The molecule has 1 aliphatic carbocycles. The number of nitrogens with zero attached hydrogens (tertiary/aromatic N) is 1. The van der Waals surface area contributed by atoms with Crippen LogP contribution in [0.15, 0.2) is 5.10 Å². The lowest BCUT2D eigenvalue weighted by molar-refractivity contribution is 0.102. The summed E-state index contributed by atoms with van der Waals surface area (Å²) in [6, 6.07) is 0. The van der Waals surface area contributed by atoms with Gasteiger partial charge in [0.15, 0.2) is 0 Å². The van der Waals surface area contributed by atoms with Gasteiger partial charge in [0, 0.05) is 12.1 Å². The summed E-state index contributed by atoms with van der Waals surface area (Å²) in [4.78, 5) is 0. The highest BCUT2D eigenvalue weighted by atomic mass is 16.5. The van der Waals surface area contributed by atoms with Crippen molar-refractivity contribution >= 4 is 6.21 Å². The summed E-state index contributed by atoms with van der Waals surface area (Å²) in [6.07, 6.45) is 5.34. The molecule has 2 unspecified atom stereocenters. The molecular weight excluding hydrogens is 144 g/mol. The second kappa shape index (κ2) is 4.31. The van der Waals surface area contributed by atoms with Gasteiger partial charge < -0.3 is 5.11 Å². The predicted molar refractivity (Wildman–Crippen MR) is 41.4 cm³/mol. The minimum atomic E-state index is -0.277. The summed E-state index contributed by atoms with van der Waals surface area (Å²) in [5.41, 5.74) is 1.69. The van der Waals surface area contributed by atoms with Gasteiger partial charge in [-0.05, 0) is 12.8 Å². The van der Waals surface area contributed by atoms with Crippen LogP contribution in [-0.4, -0.2) is 22.6 Å². The van der Waals surface area contributed by atoms with Crippen LogP contribution in [-0.2, 0) is 0 Å². The Morgan fingerprint density at radius 2 is 2.09 bits per heavy atom. The van der Waals surface area contributed by atoms with E-state index in [2.05, 4.69) is 5.10 Å². The van der Waals surface area contributed by atoms with E-state index in [9.17, 15) is 5.11 Å². The van der Waals surface area contributed by atoms with Crippen molar-refractivity contribution in [2.75, 3.05) is 0 Å². The molecule has 0 aromatic rings. The molecule has 0 saturated heterocycles. The molecule has 64 valence electrons. The summed E-state index contributed by atoms with van der Waals surface area (Å²) in [5.74, 6) is 0.114. The van der Waals surface area contributed by atoms with E-state index in [1.807, 2.05) is 0 Å². The molecule has 11 heavy (non-hydrogen) atoms. The number of hydrogen-bond donors (Lipinski definition) is 3. The quantitative estimate of drug-likeness (QED) is 0.405. The summed E-state index contributed by atoms with van der Waals surface area (Å²) in [7, 11) is 0. The first-order chi connectivity index (χ1) is 5.34. The second-order valence-corrected chi connectivity index (χ2v) is 2.89. The Hall–Kier alpha value is -0.610. The van der Waals surface area contributed by atoms with Crippen molar-refractivity contribution in [2.24, 2.45) is 11.0 Å². The number of nitrogens with one attached hydrogen (secondary N) is 1. The van der Waals surface area contributed by atoms with Crippen molar-refractivity contribution in [3.63, 3.8) is 0 Å². The maximum atomic E-state index is 9.39. The van der Waals surface area contributed by atoms with Crippen LogP contribution < -0.4 is 5.59 Å². The monoisotopic (exact) mass is 158 g/mol. The molecule has 0 aromatic heterocycles. The molecule has 0 amide bonds. The van der Waals surface area contributed by atoms with E-state index in [0.29, 0.717) is 0 Å². The second-order valence-electron chi connectivity index (χ2n) is 2.89. The highest BCUT2D eigenvalue weighted by Gasteiger charge is 2.20. The molecule has 0 aliphatic heterocycles. The zero-order valence-electron chi connectivity index (χ0n) is 6.40. The van der Waals surface area contributed by atoms with Crippen molar-refractivity contribution in [3.05, 3.63) is 0 Å². The van der Waals surface area contributed by atoms with Crippen molar-refractivity contribution in [3.8, 4) is 0 Å². The first kappa shape index (κ1) is 8.49. The fourth-order valence-electron chi connectivity index (χ4n) is 1.44. The zero-order chi connectivity index (χ0) is 8.10. The van der Waals surface area contributed by atoms with Gasteiger partial charge in [0.1, 0.15) is 0 Å². The van der Waals surface area contributed by atoms with E-state index in [1.54, 1.807) is 11.8 Å².